The fourth-order valence-corrected chi connectivity index (χ4v) is 2.13. The second-order valence-electron chi connectivity index (χ2n) is 2.91. The van der Waals surface area contributed by atoms with E-state index in [0.29, 0.717) is 14.7 Å². The minimum absolute atomic E-state index is 0.0457. The van der Waals surface area contributed by atoms with Crippen molar-refractivity contribution in [2.45, 2.75) is 6.04 Å². The number of phenols is 1. The highest BCUT2D eigenvalue weighted by Crippen LogP contribution is 2.43. The minimum atomic E-state index is -0.315. The third-order valence-electron chi connectivity index (χ3n) is 2.01. The molecule has 0 aliphatic carbocycles. The highest BCUT2D eigenvalue weighted by atomic mass is 79.9. The van der Waals surface area contributed by atoms with Crippen LogP contribution in [0.3, 0.4) is 0 Å². The van der Waals surface area contributed by atoms with Gasteiger partial charge in [0.05, 0.1) is 11.6 Å². The van der Waals surface area contributed by atoms with E-state index in [4.69, 9.17) is 10.5 Å². The molecule has 1 aromatic rings. The molecule has 0 unspecified atom stereocenters. The van der Waals surface area contributed by atoms with Gasteiger partial charge in [0.25, 0.3) is 0 Å². The second-order valence-corrected chi connectivity index (χ2v) is 4.49. The summed E-state index contributed by atoms with van der Waals surface area (Å²) < 4.78 is 6.25. The van der Waals surface area contributed by atoms with Crippen LogP contribution in [0.2, 0.25) is 0 Å². The molecule has 1 rings (SSSR count). The van der Waals surface area contributed by atoms with Crippen LogP contribution in [0.5, 0.6) is 11.5 Å². The van der Waals surface area contributed by atoms with E-state index in [1.165, 1.54) is 7.11 Å². The van der Waals surface area contributed by atoms with Gasteiger partial charge in [0.1, 0.15) is 0 Å². The van der Waals surface area contributed by atoms with Crippen LogP contribution in [0.25, 0.3) is 0 Å². The Kier molecular flexibility index (Phi) is 4.19. The molecular weight excluding hydrogens is 326 g/mol. The Morgan fingerprint density at radius 3 is 2.60 bits per heavy atom. The summed E-state index contributed by atoms with van der Waals surface area (Å²) in [6.45, 7) is 3.62. The summed E-state index contributed by atoms with van der Waals surface area (Å²) in [4.78, 5) is 0. The van der Waals surface area contributed by atoms with E-state index in [0.717, 1.165) is 5.56 Å². The normalized spacial score (nSPS) is 12.3. The van der Waals surface area contributed by atoms with E-state index in [9.17, 15) is 5.11 Å². The number of benzene rings is 1. The van der Waals surface area contributed by atoms with Crippen LogP contribution in [-0.4, -0.2) is 12.2 Å². The van der Waals surface area contributed by atoms with Gasteiger partial charge in [-0.1, -0.05) is 6.08 Å². The van der Waals surface area contributed by atoms with E-state index in [1.807, 2.05) is 0 Å². The van der Waals surface area contributed by atoms with Crippen LogP contribution in [0.1, 0.15) is 11.6 Å². The summed E-state index contributed by atoms with van der Waals surface area (Å²) in [6, 6.07) is 1.36. The van der Waals surface area contributed by atoms with Gasteiger partial charge in [0.15, 0.2) is 11.5 Å². The quantitative estimate of drug-likeness (QED) is 0.834. The molecule has 5 heteroatoms. The van der Waals surface area contributed by atoms with Crippen molar-refractivity contribution in [3.05, 3.63) is 33.2 Å². The van der Waals surface area contributed by atoms with Crippen molar-refractivity contribution in [1.29, 1.82) is 0 Å². The van der Waals surface area contributed by atoms with Crippen molar-refractivity contribution in [1.82, 2.24) is 0 Å². The maximum atomic E-state index is 9.69. The molecule has 82 valence electrons. The van der Waals surface area contributed by atoms with Gasteiger partial charge in [0.2, 0.25) is 0 Å². The van der Waals surface area contributed by atoms with Gasteiger partial charge in [-0.15, -0.1) is 6.58 Å². The van der Waals surface area contributed by atoms with Gasteiger partial charge >= 0.3 is 0 Å². The standard InChI is InChI=1S/C10H11Br2NO2/c1-3-6(13)5-4-7(15-2)10(14)9(12)8(5)11/h3-4,6,14H,1,13H2,2H3/t6-/m1/s1. The summed E-state index contributed by atoms with van der Waals surface area (Å²) in [5, 5.41) is 9.69. The molecule has 0 spiro atoms. The van der Waals surface area contributed by atoms with Gasteiger partial charge in [-0.05, 0) is 43.5 Å². The monoisotopic (exact) mass is 335 g/mol. The lowest BCUT2D eigenvalue weighted by atomic mass is 10.1. The molecule has 0 heterocycles. The van der Waals surface area contributed by atoms with Gasteiger partial charge in [-0.2, -0.15) is 0 Å². The first-order chi connectivity index (χ1) is 7.02. The number of methoxy groups -OCH3 is 1. The highest BCUT2D eigenvalue weighted by molar-refractivity contribution is 9.13. The number of halogens is 2. The van der Waals surface area contributed by atoms with Crippen molar-refractivity contribution in [3.63, 3.8) is 0 Å². The fraction of sp³-hybridized carbons (Fsp3) is 0.200. The SMILES string of the molecule is C=C[C@@H](N)c1cc(OC)c(O)c(Br)c1Br. The molecule has 0 aliphatic heterocycles. The van der Waals surface area contributed by atoms with E-state index in [2.05, 4.69) is 38.4 Å². The molecule has 0 bridgehead atoms. The molecule has 0 fully saturated rings. The Labute approximate surface area is 105 Å². The molecule has 0 aromatic heterocycles. The average Bonchev–Trinajstić information content (AvgIpc) is 2.25. The molecule has 0 saturated carbocycles. The highest BCUT2D eigenvalue weighted by Gasteiger charge is 2.17. The maximum absolute atomic E-state index is 9.69. The summed E-state index contributed by atoms with van der Waals surface area (Å²) >= 11 is 6.60. The Balaban J connectivity index is 3.41. The van der Waals surface area contributed by atoms with Crippen molar-refractivity contribution in [2.24, 2.45) is 5.73 Å². The summed E-state index contributed by atoms with van der Waals surface area (Å²) in [5.41, 5.74) is 6.63. The number of aromatic hydroxyl groups is 1. The third-order valence-corrected chi connectivity index (χ3v) is 4.17. The predicted octanol–water partition coefficient (Wildman–Crippen LogP) is 3.11. The van der Waals surface area contributed by atoms with Crippen molar-refractivity contribution >= 4 is 31.9 Å². The van der Waals surface area contributed by atoms with Crippen LogP contribution >= 0.6 is 31.9 Å². The van der Waals surface area contributed by atoms with Crippen molar-refractivity contribution < 1.29 is 9.84 Å². The smallest absolute Gasteiger partial charge is 0.173 e. The number of rotatable bonds is 3. The molecule has 15 heavy (non-hydrogen) atoms. The topological polar surface area (TPSA) is 55.5 Å². The summed E-state index contributed by atoms with van der Waals surface area (Å²) in [7, 11) is 1.48. The van der Waals surface area contributed by atoms with E-state index >= 15 is 0 Å². The van der Waals surface area contributed by atoms with Gasteiger partial charge in [-0.3, -0.25) is 0 Å². The predicted molar refractivity (Wildman–Crippen MR) is 67.2 cm³/mol. The number of hydrogen-bond donors (Lipinski definition) is 2. The van der Waals surface area contributed by atoms with E-state index in [1.54, 1.807) is 12.1 Å². The largest absolute Gasteiger partial charge is 0.503 e. The average molecular weight is 337 g/mol. The first-order valence-electron chi connectivity index (χ1n) is 4.15. The van der Waals surface area contributed by atoms with Crippen LogP contribution in [0.15, 0.2) is 27.7 Å². The van der Waals surface area contributed by atoms with Gasteiger partial charge in [-0.25, -0.2) is 0 Å². The second kappa shape index (κ2) is 5.01. The lowest BCUT2D eigenvalue weighted by molar-refractivity contribution is 0.371. The van der Waals surface area contributed by atoms with E-state index in [-0.39, 0.29) is 11.8 Å². The first kappa shape index (κ1) is 12.5. The van der Waals surface area contributed by atoms with E-state index < -0.39 is 0 Å². The molecule has 3 nitrogen and oxygen atoms in total. The van der Waals surface area contributed by atoms with Crippen LogP contribution < -0.4 is 10.5 Å². The number of ether oxygens (including phenoxy) is 1. The Bertz CT molecular complexity index is 393. The number of nitrogens with two attached hydrogens (primary N) is 1. The lowest BCUT2D eigenvalue weighted by Gasteiger charge is -2.14. The summed E-state index contributed by atoms with van der Waals surface area (Å²) in [6.07, 6.45) is 1.61. The zero-order chi connectivity index (χ0) is 11.6. The van der Waals surface area contributed by atoms with Crippen molar-refractivity contribution in [3.8, 4) is 11.5 Å². The zero-order valence-corrected chi connectivity index (χ0v) is 11.3. The third kappa shape index (κ3) is 2.35. The molecule has 0 amide bonds. The maximum Gasteiger partial charge on any atom is 0.173 e. The Morgan fingerprint density at radius 2 is 2.13 bits per heavy atom. The lowest BCUT2D eigenvalue weighted by Crippen LogP contribution is -2.08. The Morgan fingerprint density at radius 1 is 1.53 bits per heavy atom. The molecular formula is C10H11Br2NO2. The van der Waals surface area contributed by atoms with Gasteiger partial charge < -0.3 is 15.6 Å². The number of hydrogen-bond acceptors (Lipinski definition) is 3. The number of phenolic OH excluding ortho intramolecular Hbond substituents is 1. The molecule has 1 atom stereocenters. The molecule has 3 N–H and O–H groups in total. The Hall–Kier alpha value is -0.520. The molecule has 0 aliphatic rings. The molecule has 0 saturated heterocycles. The van der Waals surface area contributed by atoms with Crippen molar-refractivity contribution in [2.75, 3.05) is 7.11 Å². The van der Waals surface area contributed by atoms with Crippen LogP contribution in [0.4, 0.5) is 0 Å². The van der Waals surface area contributed by atoms with Gasteiger partial charge in [0, 0.05) is 10.5 Å². The minimum Gasteiger partial charge on any atom is -0.503 e. The summed E-state index contributed by atoms with van der Waals surface area (Å²) in [5.74, 6) is 0.418. The molecule has 1 aromatic carbocycles. The van der Waals surface area contributed by atoms with Crippen LogP contribution in [0, 0.1) is 0 Å². The fourth-order valence-electron chi connectivity index (χ4n) is 1.14. The molecule has 0 radical (unpaired) electrons. The zero-order valence-electron chi connectivity index (χ0n) is 8.13. The first-order valence-corrected chi connectivity index (χ1v) is 5.74. The van der Waals surface area contributed by atoms with Crippen LogP contribution in [-0.2, 0) is 0 Å².